The molecule has 0 aliphatic heterocycles. The number of rotatable bonds is 7. The number of ether oxygens (including phenoxy) is 1. The fraction of sp³-hybridized carbons (Fsp3) is 0.263. The summed E-state index contributed by atoms with van der Waals surface area (Å²) in [6.45, 7) is 1.89. The van der Waals surface area contributed by atoms with Gasteiger partial charge in [0.25, 0.3) is 5.91 Å². The van der Waals surface area contributed by atoms with Crippen molar-refractivity contribution < 1.29 is 14.3 Å². The number of anilines is 2. The van der Waals surface area contributed by atoms with Gasteiger partial charge in [-0.25, -0.2) is 0 Å². The van der Waals surface area contributed by atoms with Crippen LogP contribution in [-0.2, 0) is 9.59 Å². The molecule has 1 heterocycles. The van der Waals surface area contributed by atoms with Gasteiger partial charge in [-0.2, -0.15) is 8.75 Å². The molecular weight excluding hydrogens is 378 g/mol. The molecule has 0 saturated heterocycles. The molecule has 9 heteroatoms. The number of hydrogen-bond donors (Lipinski definition) is 2. The Balaban J connectivity index is 1.64. The zero-order valence-corrected chi connectivity index (χ0v) is 16.7. The van der Waals surface area contributed by atoms with E-state index in [1.807, 2.05) is 37.3 Å². The SMILES string of the molecule is Cc1ccc(NCC(=O)Nc2cccc3nsnc23)c(OCC(=O)N(C)C)c1. The number of benzene rings is 2. The molecule has 0 aliphatic carbocycles. The number of aryl methyl sites for hydroxylation is 1. The summed E-state index contributed by atoms with van der Waals surface area (Å²) in [6, 6.07) is 11.0. The van der Waals surface area contributed by atoms with E-state index < -0.39 is 0 Å². The summed E-state index contributed by atoms with van der Waals surface area (Å²) in [5.41, 5.74) is 3.67. The molecule has 0 unspecified atom stereocenters. The van der Waals surface area contributed by atoms with Gasteiger partial charge in [0, 0.05) is 14.1 Å². The first-order valence-electron chi connectivity index (χ1n) is 8.62. The topological polar surface area (TPSA) is 96.5 Å². The molecule has 0 radical (unpaired) electrons. The lowest BCUT2D eigenvalue weighted by atomic mass is 10.2. The van der Waals surface area contributed by atoms with Crippen molar-refractivity contribution >= 4 is 46.0 Å². The summed E-state index contributed by atoms with van der Waals surface area (Å²) >= 11 is 1.10. The number of fused-ring (bicyclic) bond motifs is 1. The highest BCUT2D eigenvalue weighted by molar-refractivity contribution is 7.00. The molecule has 0 bridgehead atoms. The molecule has 146 valence electrons. The summed E-state index contributed by atoms with van der Waals surface area (Å²) in [6.07, 6.45) is 0. The maximum atomic E-state index is 12.4. The lowest BCUT2D eigenvalue weighted by molar-refractivity contribution is -0.130. The van der Waals surface area contributed by atoms with Crippen molar-refractivity contribution in [3.05, 3.63) is 42.0 Å². The quantitative estimate of drug-likeness (QED) is 0.634. The van der Waals surface area contributed by atoms with Crippen LogP contribution in [0.25, 0.3) is 11.0 Å². The normalized spacial score (nSPS) is 10.5. The molecule has 3 rings (SSSR count). The summed E-state index contributed by atoms with van der Waals surface area (Å²) in [4.78, 5) is 25.6. The monoisotopic (exact) mass is 399 g/mol. The van der Waals surface area contributed by atoms with Crippen molar-refractivity contribution in [2.24, 2.45) is 0 Å². The number of carbonyl (C=O) groups excluding carboxylic acids is 2. The predicted octanol–water partition coefficient (Wildman–Crippen LogP) is 2.52. The van der Waals surface area contributed by atoms with Gasteiger partial charge < -0.3 is 20.3 Å². The molecule has 2 N–H and O–H groups in total. The zero-order chi connectivity index (χ0) is 20.1. The number of aromatic nitrogens is 2. The fourth-order valence-electron chi connectivity index (χ4n) is 2.44. The molecule has 0 saturated carbocycles. The van der Waals surface area contributed by atoms with Crippen molar-refractivity contribution in [2.75, 3.05) is 37.9 Å². The van der Waals surface area contributed by atoms with Crippen molar-refractivity contribution in [1.82, 2.24) is 13.6 Å². The molecule has 2 aromatic carbocycles. The minimum absolute atomic E-state index is 0.0367. The van der Waals surface area contributed by atoms with Gasteiger partial charge in [-0.1, -0.05) is 12.1 Å². The van der Waals surface area contributed by atoms with Crippen LogP contribution in [0.4, 0.5) is 11.4 Å². The number of nitrogens with zero attached hydrogens (tertiary/aromatic N) is 3. The third-order valence-corrected chi connectivity index (χ3v) is 4.53. The van der Waals surface area contributed by atoms with Crippen molar-refractivity contribution in [1.29, 1.82) is 0 Å². The number of hydrogen-bond acceptors (Lipinski definition) is 7. The first-order chi connectivity index (χ1) is 13.4. The standard InChI is InChI=1S/C19H21N5O3S/c1-12-7-8-13(16(9-12)27-11-18(26)24(2)3)20-10-17(25)21-14-5-4-6-15-19(14)23-28-22-15/h4-9,20H,10-11H2,1-3H3,(H,21,25). The Morgan fingerprint density at radius 1 is 1.14 bits per heavy atom. The second-order valence-electron chi connectivity index (χ2n) is 6.42. The van der Waals surface area contributed by atoms with Crippen molar-refractivity contribution in [2.45, 2.75) is 6.92 Å². The molecule has 0 spiro atoms. The number of carbonyl (C=O) groups is 2. The first-order valence-corrected chi connectivity index (χ1v) is 9.35. The fourth-order valence-corrected chi connectivity index (χ4v) is 2.99. The van der Waals surface area contributed by atoms with Crippen LogP contribution in [-0.4, -0.2) is 52.7 Å². The van der Waals surface area contributed by atoms with Gasteiger partial charge in [-0.15, -0.1) is 0 Å². The van der Waals surface area contributed by atoms with E-state index in [9.17, 15) is 9.59 Å². The second-order valence-corrected chi connectivity index (χ2v) is 6.94. The van der Waals surface area contributed by atoms with Crippen LogP contribution in [0.5, 0.6) is 5.75 Å². The Morgan fingerprint density at radius 3 is 2.75 bits per heavy atom. The van der Waals surface area contributed by atoms with Gasteiger partial charge in [0.05, 0.1) is 29.6 Å². The zero-order valence-electron chi connectivity index (χ0n) is 15.9. The van der Waals surface area contributed by atoms with Crippen LogP contribution < -0.4 is 15.4 Å². The lowest BCUT2D eigenvalue weighted by Crippen LogP contribution is -2.28. The van der Waals surface area contributed by atoms with Crippen LogP contribution in [0.3, 0.4) is 0 Å². The Hall–Kier alpha value is -3.20. The summed E-state index contributed by atoms with van der Waals surface area (Å²) < 4.78 is 14.0. The highest BCUT2D eigenvalue weighted by atomic mass is 32.1. The van der Waals surface area contributed by atoms with E-state index in [0.29, 0.717) is 22.6 Å². The molecule has 2 amide bonds. The van der Waals surface area contributed by atoms with Gasteiger partial charge in [-0.05, 0) is 36.8 Å². The molecule has 0 fully saturated rings. The van der Waals surface area contributed by atoms with Crippen LogP contribution in [0.1, 0.15) is 5.56 Å². The van der Waals surface area contributed by atoms with Crippen LogP contribution in [0.2, 0.25) is 0 Å². The van der Waals surface area contributed by atoms with Gasteiger partial charge in [0.2, 0.25) is 5.91 Å². The van der Waals surface area contributed by atoms with E-state index in [4.69, 9.17) is 4.74 Å². The number of amides is 2. The minimum Gasteiger partial charge on any atom is -0.482 e. The highest BCUT2D eigenvalue weighted by Gasteiger charge is 2.12. The Bertz CT molecular complexity index is 1000. The van der Waals surface area contributed by atoms with Crippen LogP contribution in [0.15, 0.2) is 36.4 Å². The Labute approximate surface area is 166 Å². The maximum absolute atomic E-state index is 12.4. The average molecular weight is 399 g/mol. The number of likely N-dealkylation sites (N-methyl/N-ethyl adjacent to an activating group) is 1. The third-order valence-electron chi connectivity index (χ3n) is 3.99. The summed E-state index contributed by atoms with van der Waals surface area (Å²) in [5.74, 6) is 0.153. The van der Waals surface area contributed by atoms with Gasteiger partial charge in [0.1, 0.15) is 16.8 Å². The summed E-state index contributed by atoms with van der Waals surface area (Å²) in [7, 11) is 3.34. The van der Waals surface area contributed by atoms with Crippen LogP contribution in [0, 0.1) is 6.92 Å². The first kappa shape index (κ1) is 19.6. The van der Waals surface area contributed by atoms with E-state index in [1.54, 1.807) is 20.2 Å². The van der Waals surface area contributed by atoms with Gasteiger partial charge in [-0.3, -0.25) is 9.59 Å². The van der Waals surface area contributed by atoms with Crippen LogP contribution >= 0.6 is 11.7 Å². The Morgan fingerprint density at radius 2 is 1.96 bits per heavy atom. The van der Waals surface area contributed by atoms with Gasteiger partial charge >= 0.3 is 0 Å². The summed E-state index contributed by atoms with van der Waals surface area (Å²) in [5, 5.41) is 5.90. The predicted molar refractivity (Wildman–Crippen MR) is 110 cm³/mol. The Kier molecular flexibility index (Phi) is 6.05. The van der Waals surface area contributed by atoms with E-state index in [0.717, 1.165) is 22.8 Å². The van der Waals surface area contributed by atoms with E-state index in [2.05, 4.69) is 19.4 Å². The molecule has 1 aromatic heterocycles. The molecule has 3 aromatic rings. The van der Waals surface area contributed by atoms with Gasteiger partial charge in [0.15, 0.2) is 6.61 Å². The molecule has 0 aliphatic rings. The maximum Gasteiger partial charge on any atom is 0.259 e. The highest BCUT2D eigenvalue weighted by Crippen LogP contribution is 2.26. The van der Waals surface area contributed by atoms with E-state index >= 15 is 0 Å². The van der Waals surface area contributed by atoms with Crippen molar-refractivity contribution in [3.63, 3.8) is 0 Å². The largest absolute Gasteiger partial charge is 0.482 e. The van der Waals surface area contributed by atoms with Crippen molar-refractivity contribution in [3.8, 4) is 5.75 Å². The average Bonchev–Trinajstić information content (AvgIpc) is 3.15. The lowest BCUT2D eigenvalue weighted by Gasteiger charge is -2.15. The third kappa shape index (κ3) is 4.74. The molecular formula is C19H21N5O3S. The smallest absolute Gasteiger partial charge is 0.259 e. The molecule has 28 heavy (non-hydrogen) atoms. The second kappa shape index (κ2) is 8.66. The minimum atomic E-state index is -0.226. The number of nitrogens with one attached hydrogen (secondary N) is 2. The van der Waals surface area contributed by atoms with E-state index in [1.165, 1.54) is 4.90 Å². The molecule has 8 nitrogen and oxygen atoms in total. The molecule has 0 atom stereocenters. The van der Waals surface area contributed by atoms with E-state index in [-0.39, 0.29) is 25.0 Å².